The fourth-order valence-electron chi connectivity index (χ4n) is 2.87. The molecule has 112 valence electrons. The summed E-state index contributed by atoms with van der Waals surface area (Å²) in [6.45, 7) is 3.01. The minimum atomic E-state index is 0.165. The normalized spacial score (nSPS) is 26.4. The molecule has 3 atom stereocenters. The highest BCUT2D eigenvalue weighted by molar-refractivity contribution is 5.27. The smallest absolute Gasteiger partial charge is 0.119 e. The Morgan fingerprint density at radius 1 is 1.20 bits per heavy atom. The molecular formula is C17H27NO2. The second-order valence-electron chi connectivity index (χ2n) is 5.79. The maximum absolute atomic E-state index is 6.20. The summed E-state index contributed by atoms with van der Waals surface area (Å²) in [6, 6.07) is 8.49. The molecule has 1 aliphatic carbocycles. The van der Waals surface area contributed by atoms with E-state index >= 15 is 0 Å². The summed E-state index contributed by atoms with van der Waals surface area (Å²) in [6.07, 6.45) is 5.74. The molecule has 3 unspecified atom stereocenters. The zero-order valence-corrected chi connectivity index (χ0v) is 12.7. The Morgan fingerprint density at radius 3 is 2.60 bits per heavy atom. The van der Waals surface area contributed by atoms with E-state index in [0.717, 1.165) is 37.5 Å². The molecule has 0 bridgehead atoms. The van der Waals surface area contributed by atoms with Crippen molar-refractivity contribution < 1.29 is 9.47 Å². The van der Waals surface area contributed by atoms with Crippen molar-refractivity contribution in [2.75, 3.05) is 13.7 Å². The fraction of sp³-hybridized carbons (Fsp3) is 0.647. The Kier molecular flexibility index (Phi) is 5.86. The van der Waals surface area contributed by atoms with Crippen LogP contribution in [0.5, 0.6) is 5.75 Å². The predicted octanol–water partition coefficient (Wildman–Crippen LogP) is 3.16. The molecule has 0 radical (unpaired) electrons. The van der Waals surface area contributed by atoms with Gasteiger partial charge in [-0.05, 0) is 49.3 Å². The number of hydrogen-bond donors (Lipinski definition) is 1. The van der Waals surface area contributed by atoms with Gasteiger partial charge in [-0.1, -0.05) is 25.5 Å². The van der Waals surface area contributed by atoms with Crippen LogP contribution in [-0.4, -0.2) is 25.9 Å². The highest BCUT2D eigenvalue weighted by Gasteiger charge is 2.28. The first-order chi connectivity index (χ1) is 9.72. The molecule has 0 heterocycles. The van der Waals surface area contributed by atoms with Crippen molar-refractivity contribution in [2.24, 2.45) is 11.7 Å². The lowest BCUT2D eigenvalue weighted by Gasteiger charge is -2.33. The molecule has 1 aromatic carbocycles. The Bertz CT molecular complexity index is 390. The lowest BCUT2D eigenvalue weighted by Crippen LogP contribution is -2.43. The number of hydrogen-bond acceptors (Lipinski definition) is 3. The minimum Gasteiger partial charge on any atom is -0.489 e. The first kappa shape index (κ1) is 15.3. The molecule has 0 amide bonds. The zero-order valence-electron chi connectivity index (χ0n) is 12.7. The summed E-state index contributed by atoms with van der Waals surface area (Å²) < 4.78 is 11.2. The monoisotopic (exact) mass is 277 g/mol. The standard InChI is InChI=1S/C17H27NO2/c1-3-13-6-9-16(18)17(12-13)20-15-7-4-14(5-8-15)10-11-19-2/h4-5,7-8,13,16-17H,3,6,9-12,18H2,1-2H3. The van der Waals surface area contributed by atoms with Gasteiger partial charge in [0.2, 0.25) is 0 Å². The summed E-state index contributed by atoms with van der Waals surface area (Å²) >= 11 is 0. The fourth-order valence-corrected chi connectivity index (χ4v) is 2.87. The maximum Gasteiger partial charge on any atom is 0.119 e. The van der Waals surface area contributed by atoms with Gasteiger partial charge in [-0.25, -0.2) is 0 Å². The highest BCUT2D eigenvalue weighted by atomic mass is 16.5. The predicted molar refractivity (Wildman–Crippen MR) is 82.0 cm³/mol. The molecule has 2 rings (SSSR count). The van der Waals surface area contributed by atoms with Crippen molar-refractivity contribution in [3.05, 3.63) is 29.8 Å². The highest BCUT2D eigenvalue weighted by Crippen LogP contribution is 2.29. The third-order valence-corrected chi connectivity index (χ3v) is 4.33. The van der Waals surface area contributed by atoms with Crippen LogP contribution in [0.2, 0.25) is 0 Å². The van der Waals surface area contributed by atoms with Gasteiger partial charge in [-0.3, -0.25) is 0 Å². The van der Waals surface area contributed by atoms with Gasteiger partial charge in [0, 0.05) is 13.2 Å². The van der Waals surface area contributed by atoms with Crippen LogP contribution >= 0.6 is 0 Å². The molecule has 1 aliphatic rings. The molecule has 1 aromatic rings. The van der Waals surface area contributed by atoms with E-state index in [0.29, 0.717) is 0 Å². The van der Waals surface area contributed by atoms with Gasteiger partial charge in [0.25, 0.3) is 0 Å². The first-order valence-corrected chi connectivity index (χ1v) is 7.73. The lowest BCUT2D eigenvalue weighted by molar-refractivity contribution is 0.101. The van der Waals surface area contributed by atoms with Crippen LogP contribution in [0, 0.1) is 5.92 Å². The second-order valence-corrected chi connectivity index (χ2v) is 5.79. The Labute approximate surface area is 122 Å². The molecule has 0 aliphatic heterocycles. The van der Waals surface area contributed by atoms with Crippen LogP contribution in [0.25, 0.3) is 0 Å². The van der Waals surface area contributed by atoms with Crippen molar-refractivity contribution in [2.45, 2.75) is 51.2 Å². The molecule has 3 nitrogen and oxygen atoms in total. The van der Waals surface area contributed by atoms with E-state index in [-0.39, 0.29) is 12.1 Å². The van der Waals surface area contributed by atoms with Crippen LogP contribution in [0.1, 0.15) is 38.2 Å². The molecule has 20 heavy (non-hydrogen) atoms. The molecule has 0 spiro atoms. The lowest BCUT2D eigenvalue weighted by atomic mass is 9.83. The van der Waals surface area contributed by atoms with Crippen molar-refractivity contribution in [3.63, 3.8) is 0 Å². The van der Waals surface area contributed by atoms with Crippen molar-refractivity contribution in [1.29, 1.82) is 0 Å². The van der Waals surface area contributed by atoms with Crippen LogP contribution < -0.4 is 10.5 Å². The third-order valence-electron chi connectivity index (χ3n) is 4.33. The molecule has 1 fully saturated rings. The Hall–Kier alpha value is -1.06. The molecular weight excluding hydrogens is 250 g/mol. The summed E-state index contributed by atoms with van der Waals surface area (Å²) in [4.78, 5) is 0. The summed E-state index contributed by atoms with van der Waals surface area (Å²) in [5, 5.41) is 0. The van der Waals surface area contributed by atoms with E-state index in [4.69, 9.17) is 15.2 Å². The molecule has 0 aromatic heterocycles. The van der Waals surface area contributed by atoms with Crippen LogP contribution in [0.3, 0.4) is 0 Å². The zero-order chi connectivity index (χ0) is 14.4. The summed E-state index contributed by atoms with van der Waals surface area (Å²) in [5.41, 5.74) is 7.47. The number of benzene rings is 1. The Balaban J connectivity index is 1.91. The maximum atomic E-state index is 6.20. The molecule has 0 saturated heterocycles. The SMILES string of the molecule is CCC1CCC(N)C(Oc2ccc(CCOC)cc2)C1. The average molecular weight is 277 g/mol. The average Bonchev–Trinajstić information content (AvgIpc) is 2.49. The third kappa shape index (κ3) is 4.22. The second kappa shape index (κ2) is 7.65. The van der Waals surface area contributed by atoms with Crippen LogP contribution in [0.15, 0.2) is 24.3 Å². The molecule has 1 saturated carbocycles. The van der Waals surface area contributed by atoms with Gasteiger partial charge in [0.1, 0.15) is 11.9 Å². The molecule has 2 N–H and O–H groups in total. The van der Waals surface area contributed by atoms with E-state index in [1.807, 2.05) is 12.1 Å². The number of nitrogens with two attached hydrogens (primary N) is 1. The molecule has 3 heteroatoms. The van der Waals surface area contributed by atoms with Gasteiger partial charge in [0.05, 0.1) is 6.61 Å². The van der Waals surface area contributed by atoms with Gasteiger partial charge >= 0.3 is 0 Å². The Morgan fingerprint density at radius 2 is 1.95 bits per heavy atom. The number of ether oxygens (including phenoxy) is 2. The van der Waals surface area contributed by atoms with Crippen molar-refractivity contribution in [3.8, 4) is 5.75 Å². The largest absolute Gasteiger partial charge is 0.489 e. The number of methoxy groups -OCH3 is 1. The topological polar surface area (TPSA) is 44.5 Å². The van der Waals surface area contributed by atoms with Gasteiger partial charge < -0.3 is 15.2 Å². The van der Waals surface area contributed by atoms with Gasteiger partial charge in [-0.15, -0.1) is 0 Å². The van der Waals surface area contributed by atoms with Gasteiger partial charge in [-0.2, -0.15) is 0 Å². The van der Waals surface area contributed by atoms with E-state index in [2.05, 4.69) is 19.1 Å². The van der Waals surface area contributed by atoms with Crippen molar-refractivity contribution in [1.82, 2.24) is 0 Å². The van der Waals surface area contributed by atoms with E-state index in [1.54, 1.807) is 7.11 Å². The van der Waals surface area contributed by atoms with E-state index in [1.165, 1.54) is 18.4 Å². The minimum absolute atomic E-state index is 0.165. The first-order valence-electron chi connectivity index (χ1n) is 7.73. The van der Waals surface area contributed by atoms with Gasteiger partial charge in [0.15, 0.2) is 0 Å². The number of rotatable bonds is 6. The summed E-state index contributed by atoms with van der Waals surface area (Å²) in [7, 11) is 1.73. The van der Waals surface area contributed by atoms with Crippen LogP contribution in [-0.2, 0) is 11.2 Å². The summed E-state index contributed by atoms with van der Waals surface area (Å²) in [5.74, 6) is 1.70. The quantitative estimate of drug-likeness (QED) is 0.868. The van der Waals surface area contributed by atoms with Crippen LogP contribution in [0.4, 0.5) is 0 Å². The van der Waals surface area contributed by atoms with E-state index in [9.17, 15) is 0 Å². The van der Waals surface area contributed by atoms with Crippen molar-refractivity contribution >= 4 is 0 Å². The van der Waals surface area contributed by atoms with E-state index < -0.39 is 0 Å².